The molecule has 0 radical (unpaired) electrons. The van der Waals surface area contributed by atoms with Crippen molar-refractivity contribution < 1.29 is 4.74 Å². The van der Waals surface area contributed by atoms with Crippen LogP contribution in [-0.2, 0) is 10.3 Å². The molecule has 0 bridgehead atoms. The SMILES string of the molecule is CCC1(c2ccccc2)OC1n1nnc2ccccc21. The molecule has 100 valence electrons. The third-order valence-electron chi connectivity index (χ3n) is 4.05. The van der Waals surface area contributed by atoms with E-state index in [0.29, 0.717) is 0 Å². The van der Waals surface area contributed by atoms with Crippen LogP contribution < -0.4 is 0 Å². The van der Waals surface area contributed by atoms with Gasteiger partial charge in [-0.05, 0) is 24.1 Å². The molecule has 1 fully saturated rings. The third kappa shape index (κ3) is 1.51. The van der Waals surface area contributed by atoms with Gasteiger partial charge in [0, 0.05) is 0 Å². The van der Waals surface area contributed by atoms with Crippen LogP contribution >= 0.6 is 0 Å². The van der Waals surface area contributed by atoms with Crippen molar-refractivity contribution in [2.75, 3.05) is 0 Å². The summed E-state index contributed by atoms with van der Waals surface area (Å²) in [6, 6.07) is 18.3. The minimum Gasteiger partial charge on any atom is -0.337 e. The Labute approximate surface area is 117 Å². The highest BCUT2D eigenvalue weighted by molar-refractivity contribution is 5.74. The van der Waals surface area contributed by atoms with E-state index in [1.54, 1.807) is 0 Å². The number of nitrogens with zero attached hydrogens (tertiary/aromatic N) is 3. The van der Waals surface area contributed by atoms with E-state index in [9.17, 15) is 0 Å². The van der Waals surface area contributed by atoms with Crippen LogP contribution in [0.2, 0.25) is 0 Å². The first-order valence-corrected chi connectivity index (χ1v) is 6.88. The fourth-order valence-corrected chi connectivity index (χ4v) is 2.87. The summed E-state index contributed by atoms with van der Waals surface area (Å²) in [5, 5.41) is 8.47. The standard InChI is InChI=1S/C16H15N3O/c1-2-16(12-8-4-3-5-9-12)15(20-16)19-14-11-7-6-10-13(14)17-18-19/h3-11,15H,2H2,1H3. The fourth-order valence-electron chi connectivity index (χ4n) is 2.87. The maximum atomic E-state index is 6.05. The number of para-hydroxylation sites is 1. The maximum absolute atomic E-state index is 6.05. The average molecular weight is 265 g/mol. The monoisotopic (exact) mass is 265 g/mol. The van der Waals surface area contributed by atoms with Crippen LogP contribution in [0.5, 0.6) is 0 Å². The van der Waals surface area contributed by atoms with E-state index in [2.05, 4.69) is 29.4 Å². The summed E-state index contributed by atoms with van der Waals surface area (Å²) < 4.78 is 7.95. The van der Waals surface area contributed by atoms with Crippen LogP contribution in [-0.4, -0.2) is 15.0 Å². The lowest BCUT2D eigenvalue weighted by molar-refractivity contribution is 0.271. The van der Waals surface area contributed by atoms with E-state index in [4.69, 9.17) is 4.74 Å². The molecule has 1 aliphatic heterocycles. The largest absolute Gasteiger partial charge is 0.337 e. The molecule has 4 nitrogen and oxygen atoms in total. The maximum Gasteiger partial charge on any atom is 0.187 e. The topological polar surface area (TPSA) is 43.2 Å². The second kappa shape index (κ2) is 4.15. The summed E-state index contributed by atoms with van der Waals surface area (Å²) in [5.74, 6) is 0. The first-order chi connectivity index (χ1) is 9.85. The van der Waals surface area contributed by atoms with Gasteiger partial charge in [-0.2, -0.15) is 0 Å². The quantitative estimate of drug-likeness (QED) is 0.683. The zero-order chi connectivity index (χ0) is 13.6. The van der Waals surface area contributed by atoms with E-state index in [-0.39, 0.29) is 11.8 Å². The lowest BCUT2D eigenvalue weighted by atomic mass is 9.95. The molecule has 1 aromatic heterocycles. The van der Waals surface area contributed by atoms with Gasteiger partial charge in [0.2, 0.25) is 0 Å². The number of hydrogen-bond acceptors (Lipinski definition) is 3. The Balaban J connectivity index is 1.78. The minimum absolute atomic E-state index is 0.0673. The zero-order valence-corrected chi connectivity index (χ0v) is 11.2. The van der Waals surface area contributed by atoms with E-state index in [1.807, 2.05) is 47.1 Å². The first kappa shape index (κ1) is 11.6. The number of benzene rings is 2. The summed E-state index contributed by atoms with van der Waals surface area (Å²) in [7, 11) is 0. The molecule has 4 rings (SSSR count). The van der Waals surface area contributed by atoms with Crippen molar-refractivity contribution in [1.29, 1.82) is 0 Å². The van der Waals surface area contributed by atoms with Crippen LogP contribution in [0, 0.1) is 0 Å². The van der Waals surface area contributed by atoms with Crippen LogP contribution in [0.25, 0.3) is 11.0 Å². The number of rotatable bonds is 3. The molecule has 2 atom stereocenters. The van der Waals surface area contributed by atoms with Crippen molar-refractivity contribution >= 4 is 11.0 Å². The molecular formula is C16H15N3O. The Morgan fingerprint density at radius 1 is 1.10 bits per heavy atom. The molecule has 2 heterocycles. The van der Waals surface area contributed by atoms with Gasteiger partial charge in [-0.15, -0.1) is 5.10 Å². The van der Waals surface area contributed by atoms with Gasteiger partial charge >= 0.3 is 0 Å². The molecular weight excluding hydrogens is 250 g/mol. The Morgan fingerprint density at radius 2 is 1.85 bits per heavy atom. The fraction of sp³-hybridized carbons (Fsp3) is 0.250. The van der Waals surface area contributed by atoms with Crippen molar-refractivity contribution in [2.45, 2.75) is 25.2 Å². The lowest BCUT2D eigenvalue weighted by Gasteiger charge is -2.10. The van der Waals surface area contributed by atoms with Gasteiger partial charge in [-0.25, -0.2) is 4.68 Å². The molecule has 1 saturated heterocycles. The summed E-state index contributed by atoms with van der Waals surface area (Å²) >= 11 is 0. The molecule has 0 aliphatic carbocycles. The van der Waals surface area contributed by atoms with Crippen LogP contribution in [0.4, 0.5) is 0 Å². The van der Waals surface area contributed by atoms with E-state index >= 15 is 0 Å². The molecule has 0 saturated carbocycles. The van der Waals surface area contributed by atoms with Crippen LogP contribution in [0.3, 0.4) is 0 Å². The predicted octanol–water partition coefficient (Wildman–Crippen LogP) is 3.27. The number of ether oxygens (including phenoxy) is 1. The Hall–Kier alpha value is -2.20. The highest BCUT2D eigenvalue weighted by atomic mass is 16.6. The van der Waals surface area contributed by atoms with Crippen molar-refractivity contribution in [1.82, 2.24) is 15.0 Å². The molecule has 0 amide bonds. The number of aromatic nitrogens is 3. The number of hydrogen-bond donors (Lipinski definition) is 0. The van der Waals surface area contributed by atoms with Gasteiger partial charge in [0.1, 0.15) is 11.1 Å². The molecule has 2 unspecified atom stereocenters. The average Bonchev–Trinajstić information content (AvgIpc) is 3.12. The molecule has 3 aromatic rings. The predicted molar refractivity (Wildman–Crippen MR) is 76.1 cm³/mol. The molecule has 0 N–H and O–H groups in total. The van der Waals surface area contributed by atoms with E-state index in [0.717, 1.165) is 17.5 Å². The van der Waals surface area contributed by atoms with Gasteiger partial charge < -0.3 is 4.74 Å². The van der Waals surface area contributed by atoms with Crippen molar-refractivity contribution in [3.63, 3.8) is 0 Å². The van der Waals surface area contributed by atoms with Crippen molar-refractivity contribution in [3.05, 3.63) is 60.2 Å². The van der Waals surface area contributed by atoms with Gasteiger partial charge in [0.25, 0.3) is 0 Å². The molecule has 4 heteroatoms. The molecule has 0 spiro atoms. The summed E-state index contributed by atoms with van der Waals surface area (Å²) in [5.41, 5.74) is 2.86. The van der Waals surface area contributed by atoms with Crippen LogP contribution in [0.15, 0.2) is 54.6 Å². The van der Waals surface area contributed by atoms with Gasteiger partial charge in [0.15, 0.2) is 6.23 Å². The first-order valence-electron chi connectivity index (χ1n) is 6.88. The third-order valence-corrected chi connectivity index (χ3v) is 4.05. The second-order valence-electron chi connectivity index (χ2n) is 5.10. The number of epoxide rings is 1. The molecule has 20 heavy (non-hydrogen) atoms. The van der Waals surface area contributed by atoms with Gasteiger partial charge in [-0.3, -0.25) is 0 Å². The molecule has 2 aromatic carbocycles. The van der Waals surface area contributed by atoms with Crippen molar-refractivity contribution in [2.24, 2.45) is 0 Å². The van der Waals surface area contributed by atoms with Crippen molar-refractivity contribution in [3.8, 4) is 0 Å². The van der Waals surface area contributed by atoms with E-state index < -0.39 is 0 Å². The Morgan fingerprint density at radius 3 is 2.65 bits per heavy atom. The van der Waals surface area contributed by atoms with Gasteiger partial charge in [0.05, 0.1) is 5.52 Å². The summed E-state index contributed by atoms with van der Waals surface area (Å²) in [6.45, 7) is 2.14. The highest BCUT2D eigenvalue weighted by Crippen LogP contribution is 2.56. The highest BCUT2D eigenvalue weighted by Gasteiger charge is 2.58. The zero-order valence-electron chi connectivity index (χ0n) is 11.2. The normalized spacial score (nSPS) is 24.9. The Kier molecular flexibility index (Phi) is 2.41. The lowest BCUT2D eigenvalue weighted by Crippen LogP contribution is -2.12. The molecule has 1 aliphatic rings. The summed E-state index contributed by atoms with van der Waals surface area (Å²) in [6.07, 6.45) is 0.845. The second-order valence-corrected chi connectivity index (χ2v) is 5.10. The Bertz CT molecular complexity index is 753. The minimum atomic E-state index is -0.266. The summed E-state index contributed by atoms with van der Waals surface area (Å²) in [4.78, 5) is 0. The van der Waals surface area contributed by atoms with E-state index in [1.165, 1.54) is 5.56 Å². The smallest absolute Gasteiger partial charge is 0.187 e. The van der Waals surface area contributed by atoms with Crippen LogP contribution in [0.1, 0.15) is 25.1 Å². The number of fused-ring (bicyclic) bond motifs is 1. The van der Waals surface area contributed by atoms with Gasteiger partial charge in [-0.1, -0.05) is 54.6 Å².